The average molecular weight is 582 g/mol. The number of carbonyl (C=O) groups excluding carboxylic acids is 2. The van der Waals surface area contributed by atoms with Crippen molar-refractivity contribution in [1.82, 2.24) is 15.3 Å². The van der Waals surface area contributed by atoms with E-state index in [4.69, 9.17) is 0 Å². The van der Waals surface area contributed by atoms with Gasteiger partial charge in [-0.3, -0.25) is 9.59 Å². The summed E-state index contributed by atoms with van der Waals surface area (Å²) in [5.74, 6) is 0.00562. The predicted molar refractivity (Wildman–Crippen MR) is 168 cm³/mol. The maximum atomic E-state index is 13.6. The van der Waals surface area contributed by atoms with Crippen LogP contribution in [0.1, 0.15) is 36.7 Å². The topological polar surface area (TPSA) is 96.0 Å². The van der Waals surface area contributed by atoms with Crippen molar-refractivity contribution in [3.05, 3.63) is 102 Å². The maximum absolute atomic E-state index is 13.6. The second kappa shape index (κ2) is 12.1. The van der Waals surface area contributed by atoms with Crippen molar-refractivity contribution < 1.29 is 9.59 Å². The molecule has 0 aliphatic heterocycles. The molecule has 1 unspecified atom stereocenters. The summed E-state index contributed by atoms with van der Waals surface area (Å²) in [4.78, 5) is 36.8. The molecule has 2 amide bonds. The Morgan fingerprint density at radius 1 is 0.927 bits per heavy atom. The Kier molecular flexibility index (Phi) is 8.37. The van der Waals surface area contributed by atoms with Crippen molar-refractivity contribution in [2.24, 2.45) is 5.92 Å². The number of hydrogen-bond donors (Lipinski definition) is 3. The molecule has 3 aromatic carbocycles. The second-order valence-corrected chi connectivity index (χ2v) is 12.6. The van der Waals surface area contributed by atoms with Crippen LogP contribution in [0.25, 0.3) is 10.8 Å². The van der Waals surface area contributed by atoms with Crippen molar-refractivity contribution in [2.45, 2.75) is 42.3 Å². The molecular weight excluding hydrogens is 551 g/mol. The highest BCUT2D eigenvalue weighted by atomic mass is 32.2. The summed E-state index contributed by atoms with van der Waals surface area (Å²) in [7, 11) is 0. The molecule has 0 aliphatic rings. The molecule has 0 saturated heterocycles. The number of carbonyl (C=O) groups is 2. The number of rotatable bonds is 9. The number of nitrogens with one attached hydrogen (secondary N) is 3. The van der Waals surface area contributed by atoms with E-state index in [-0.39, 0.29) is 17.7 Å². The monoisotopic (exact) mass is 581 g/mol. The maximum Gasteiger partial charge on any atom is 0.252 e. The number of benzene rings is 3. The first-order chi connectivity index (χ1) is 19.7. The normalized spacial score (nSPS) is 12.6. The standard InChI is InChI=1S/C32H31N5O2S2/c1-20(2)32(4,30(39)35-24-14-13-22-9-5-6-10-23(22)17-24)37-29(38)26-18-25(15-12-21(26)3)40-28-19-34-31(41-28)36-27-11-7-8-16-33-27/h5-20H,1-4H3,(H,35,39)(H,37,38)(H,33,34,36). The molecule has 0 aliphatic carbocycles. The van der Waals surface area contributed by atoms with Crippen LogP contribution in [-0.4, -0.2) is 27.3 Å². The number of anilines is 3. The summed E-state index contributed by atoms with van der Waals surface area (Å²) in [6.45, 7) is 7.53. The fourth-order valence-electron chi connectivity index (χ4n) is 4.23. The molecule has 208 valence electrons. The first-order valence-corrected chi connectivity index (χ1v) is 14.9. The second-order valence-electron chi connectivity index (χ2n) is 10.2. The lowest BCUT2D eigenvalue weighted by atomic mass is 9.86. The number of aromatic nitrogens is 2. The van der Waals surface area contributed by atoms with Gasteiger partial charge in [-0.1, -0.05) is 79.4 Å². The molecule has 5 aromatic rings. The zero-order valence-corrected chi connectivity index (χ0v) is 24.9. The summed E-state index contributed by atoms with van der Waals surface area (Å²) in [6, 6.07) is 25.2. The van der Waals surface area contributed by atoms with Crippen LogP contribution in [0.5, 0.6) is 0 Å². The van der Waals surface area contributed by atoms with Crippen LogP contribution in [0.3, 0.4) is 0 Å². The molecule has 0 saturated carbocycles. The van der Waals surface area contributed by atoms with E-state index >= 15 is 0 Å². The van der Waals surface area contributed by atoms with E-state index in [9.17, 15) is 9.59 Å². The molecule has 2 aromatic heterocycles. The predicted octanol–water partition coefficient (Wildman–Crippen LogP) is 7.68. The number of fused-ring (bicyclic) bond motifs is 1. The highest BCUT2D eigenvalue weighted by molar-refractivity contribution is 8.01. The van der Waals surface area contributed by atoms with E-state index in [0.717, 1.165) is 36.4 Å². The molecule has 0 bridgehead atoms. The Morgan fingerprint density at radius 3 is 2.46 bits per heavy atom. The number of amides is 2. The zero-order valence-electron chi connectivity index (χ0n) is 23.3. The molecule has 5 rings (SSSR count). The van der Waals surface area contributed by atoms with Gasteiger partial charge < -0.3 is 16.0 Å². The van der Waals surface area contributed by atoms with Crippen LogP contribution < -0.4 is 16.0 Å². The highest BCUT2D eigenvalue weighted by Crippen LogP contribution is 2.35. The minimum absolute atomic E-state index is 0.160. The van der Waals surface area contributed by atoms with Crippen molar-refractivity contribution in [3.63, 3.8) is 0 Å². The van der Waals surface area contributed by atoms with Crippen molar-refractivity contribution in [2.75, 3.05) is 10.6 Å². The van der Waals surface area contributed by atoms with Crippen LogP contribution in [0, 0.1) is 12.8 Å². The van der Waals surface area contributed by atoms with Gasteiger partial charge in [0.25, 0.3) is 5.91 Å². The van der Waals surface area contributed by atoms with E-state index < -0.39 is 5.54 Å². The minimum Gasteiger partial charge on any atom is -0.338 e. The quantitative estimate of drug-likeness (QED) is 0.165. The van der Waals surface area contributed by atoms with E-state index in [1.807, 2.05) is 99.6 Å². The Labute approximate surface area is 247 Å². The molecule has 2 heterocycles. The Balaban J connectivity index is 1.30. The largest absolute Gasteiger partial charge is 0.338 e. The van der Waals surface area contributed by atoms with Gasteiger partial charge in [-0.25, -0.2) is 9.97 Å². The summed E-state index contributed by atoms with van der Waals surface area (Å²) < 4.78 is 0.973. The molecule has 9 heteroatoms. The zero-order chi connectivity index (χ0) is 29.0. The Hall–Kier alpha value is -4.21. The molecular formula is C32H31N5O2S2. The molecule has 41 heavy (non-hydrogen) atoms. The summed E-state index contributed by atoms with van der Waals surface area (Å²) in [5.41, 5.74) is 0.902. The van der Waals surface area contributed by atoms with E-state index in [1.54, 1.807) is 19.3 Å². The Morgan fingerprint density at radius 2 is 1.71 bits per heavy atom. The number of pyridine rings is 1. The molecule has 0 radical (unpaired) electrons. The third-order valence-corrected chi connectivity index (χ3v) is 9.07. The average Bonchev–Trinajstić information content (AvgIpc) is 3.40. The van der Waals surface area contributed by atoms with Gasteiger partial charge in [-0.05, 0) is 72.5 Å². The van der Waals surface area contributed by atoms with Gasteiger partial charge in [0.2, 0.25) is 5.91 Å². The lowest BCUT2D eigenvalue weighted by molar-refractivity contribution is -0.123. The summed E-state index contributed by atoms with van der Waals surface area (Å²) in [5, 5.41) is 12.1. The number of thiazole rings is 1. The van der Waals surface area contributed by atoms with Gasteiger partial charge in [0.1, 0.15) is 11.4 Å². The SMILES string of the molecule is Cc1ccc(Sc2cnc(Nc3ccccn3)s2)cc1C(=O)NC(C)(C(=O)Nc1ccc2ccccc2c1)C(C)C. The van der Waals surface area contributed by atoms with Crippen LogP contribution in [0.2, 0.25) is 0 Å². The fraction of sp³-hybridized carbons (Fsp3) is 0.188. The number of hydrogen-bond acceptors (Lipinski definition) is 7. The van der Waals surface area contributed by atoms with Crippen LogP contribution >= 0.6 is 23.1 Å². The summed E-state index contributed by atoms with van der Waals surface area (Å²) in [6.07, 6.45) is 3.52. The summed E-state index contributed by atoms with van der Waals surface area (Å²) >= 11 is 3.04. The van der Waals surface area contributed by atoms with Gasteiger partial charge in [-0.2, -0.15) is 0 Å². The van der Waals surface area contributed by atoms with E-state index in [2.05, 4.69) is 25.9 Å². The van der Waals surface area contributed by atoms with E-state index in [0.29, 0.717) is 11.3 Å². The number of aryl methyl sites for hydroxylation is 1. The van der Waals surface area contributed by atoms with Crippen molar-refractivity contribution >= 4 is 62.3 Å². The first-order valence-electron chi connectivity index (χ1n) is 13.3. The third kappa shape index (κ3) is 6.58. The lowest BCUT2D eigenvalue weighted by Crippen LogP contribution is -2.58. The van der Waals surface area contributed by atoms with Crippen LogP contribution in [0.4, 0.5) is 16.6 Å². The van der Waals surface area contributed by atoms with Crippen molar-refractivity contribution in [1.29, 1.82) is 0 Å². The van der Waals surface area contributed by atoms with Gasteiger partial charge in [-0.15, -0.1) is 0 Å². The minimum atomic E-state index is -1.14. The van der Waals surface area contributed by atoms with Gasteiger partial charge in [0.05, 0.1) is 10.4 Å². The van der Waals surface area contributed by atoms with Gasteiger partial charge >= 0.3 is 0 Å². The lowest BCUT2D eigenvalue weighted by Gasteiger charge is -2.33. The van der Waals surface area contributed by atoms with E-state index in [1.165, 1.54) is 23.1 Å². The highest BCUT2D eigenvalue weighted by Gasteiger charge is 2.38. The smallest absolute Gasteiger partial charge is 0.252 e. The third-order valence-electron chi connectivity index (χ3n) is 7.06. The number of nitrogens with zero attached hydrogens (tertiary/aromatic N) is 2. The van der Waals surface area contributed by atoms with Crippen LogP contribution in [0.15, 0.2) is 100 Å². The molecule has 0 fully saturated rings. The fourth-order valence-corrected chi connectivity index (χ4v) is 6.13. The van der Waals surface area contributed by atoms with Gasteiger partial charge in [0.15, 0.2) is 5.13 Å². The van der Waals surface area contributed by atoms with Crippen LogP contribution in [-0.2, 0) is 4.79 Å². The molecule has 7 nitrogen and oxygen atoms in total. The Bertz CT molecular complexity index is 1700. The molecule has 0 spiro atoms. The van der Waals surface area contributed by atoms with Crippen molar-refractivity contribution in [3.8, 4) is 0 Å². The molecule has 3 N–H and O–H groups in total. The molecule has 1 atom stereocenters. The van der Waals surface area contributed by atoms with Gasteiger partial charge in [0, 0.05) is 22.3 Å². The first kappa shape index (κ1) is 28.3.